The van der Waals surface area contributed by atoms with Crippen LogP contribution in [0.5, 0.6) is 5.75 Å². The summed E-state index contributed by atoms with van der Waals surface area (Å²) in [5.41, 5.74) is 1.25. The van der Waals surface area contributed by atoms with E-state index in [0.717, 1.165) is 12.0 Å². The largest absolute Gasteiger partial charge is 0.491 e. The van der Waals surface area contributed by atoms with Gasteiger partial charge >= 0.3 is 0 Å². The molecule has 2 amide bonds. The van der Waals surface area contributed by atoms with Crippen molar-refractivity contribution in [2.24, 2.45) is 5.92 Å². The molecule has 0 aliphatic carbocycles. The zero-order valence-corrected chi connectivity index (χ0v) is 20.6. The lowest BCUT2D eigenvalue weighted by Gasteiger charge is -2.37. The highest BCUT2D eigenvalue weighted by Gasteiger charge is 2.33. The average Bonchev–Trinajstić information content (AvgIpc) is 3.31. The second-order valence-corrected chi connectivity index (χ2v) is 10.0. The number of halogens is 2. The van der Waals surface area contributed by atoms with Gasteiger partial charge in [-0.2, -0.15) is 0 Å². The number of rotatable bonds is 8. The van der Waals surface area contributed by atoms with E-state index in [4.69, 9.17) is 4.74 Å². The van der Waals surface area contributed by atoms with E-state index in [1.165, 1.54) is 40.1 Å². The Hall–Kier alpha value is -3.26. The Kier molecular flexibility index (Phi) is 7.80. The van der Waals surface area contributed by atoms with Crippen LogP contribution in [-0.2, 0) is 11.2 Å². The molecule has 4 rings (SSSR count). The number of thiophene rings is 1. The zero-order valence-electron chi connectivity index (χ0n) is 19.7. The Morgan fingerprint density at radius 3 is 2.60 bits per heavy atom. The van der Waals surface area contributed by atoms with E-state index in [0.29, 0.717) is 18.8 Å². The maximum absolute atomic E-state index is 13.7. The molecule has 8 heteroatoms. The molecule has 1 aromatic heterocycles. The zero-order chi connectivity index (χ0) is 24.9. The quantitative estimate of drug-likeness (QED) is 0.422. The van der Waals surface area contributed by atoms with Crippen LogP contribution < -0.4 is 4.74 Å². The highest BCUT2D eigenvalue weighted by Crippen LogP contribution is 2.34. The Morgan fingerprint density at radius 1 is 1.11 bits per heavy atom. The molecule has 0 N–H and O–H groups in total. The van der Waals surface area contributed by atoms with Crippen molar-refractivity contribution in [2.45, 2.75) is 26.3 Å². The van der Waals surface area contributed by atoms with Crippen molar-refractivity contribution in [3.63, 3.8) is 0 Å². The van der Waals surface area contributed by atoms with Crippen molar-refractivity contribution < 1.29 is 23.1 Å². The number of amides is 2. The lowest BCUT2D eigenvalue weighted by molar-refractivity contribution is -0.135. The monoisotopic (exact) mass is 498 g/mol. The molecule has 0 saturated carbocycles. The molecular weight excluding hydrogens is 470 g/mol. The summed E-state index contributed by atoms with van der Waals surface area (Å²) in [4.78, 5) is 31.2. The topological polar surface area (TPSA) is 49.9 Å². The molecule has 0 bridgehead atoms. The lowest BCUT2D eigenvalue weighted by atomic mass is 10.00. The second-order valence-electron chi connectivity index (χ2n) is 9.01. The van der Waals surface area contributed by atoms with Crippen LogP contribution in [0.4, 0.5) is 8.78 Å². The summed E-state index contributed by atoms with van der Waals surface area (Å²) in [5, 5.41) is 2.00. The fraction of sp³-hybridized carbons (Fsp3) is 0.333. The molecule has 2 aromatic carbocycles. The molecule has 35 heavy (non-hydrogen) atoms. The standard InChI is InChI=1S/C27H28F2N2O3S/c1-18(2)15-30(27(33)19-4-3-5-21(29)14-19)16-26(32)31-12-10-25-23(11-13-35-25)24(31)17-34-22-8-6-20(28)7-9-22/h3-9,11,13-14,18,24H,10,12,15-17H2,1-2H3/t24-/m1/s1. The first-order valence-corrected chi connectivity index (χ1v) is 12.5. The van der Waals surface area contributed by atoms with Gasteiger partial charge < -0.3 is 14.5 Å². The maximum atomic E-state index is 13.7. The van der Waals surface area contributed by atoms with Crippen LogP contribution in [0.3, 0.4) is 0 Å². The molecule has 0 spiro atoms. The second kappa shape index (κ2) is 11.0. The number of carbonyl (C=O) groups excluding carboxylic acids is 2. The number of nitrogens with zero attached hydrogens (tertiary/aromatic N) is 2. The van der Waals surface area contributed by atoms with Gasteiger partial charge in [0.1, 0.15) is 30.5 Å². The molecule has 1 aliphatic rings. The van der Waals surface area contributed by atoms with E-state index in [9.17, 15) is 18.4 Å². The van der Waals surface area contributed by atoms with Gasteiger partial charge in [-0.1, -0.05) is 19.9 Å². The molecule has 1 aliphatic heterocycles. The molecule has 184 valence electrons. The van der Waals surface area contributed by atoms with Crippen molar-refractivity contribution in [2.75, 3.05) is 26.2 Å². The van der Waals surface area contributed by atoms with Gasteiger partial charge in [0, 0.05) is 23.5 Å². The number of fused-ring (bicyclic) bond motifs is 1. The van der Waals surface area contributed by atoms with E-state index in [-0.39, 0.29) is 48.3 Å². The molecule has 0 unspecified atom stereocenters. The number of ether oxygens (including phenoxy) is 1. The third-order valence-corrected chi connectivity index (χ3v) is 6.90. The molecule has 0 fully saturated rings. The summed E-state index contributed by atoms with van der Waals surface area (Å²) < 4.78 is 32.9. The summed E-state index contributed by atoms with van der Waals surface area (Å²) in [6, 6.07) is 13.0. The Labute approximate surface area is 207 Å². The van der Waals surface area contributed by atoms with E-state index in [1.807, 2.05) is 25.3 Å². The number of carbonyl (C=O) groups is 2. The van der Waals surface area contributed by atoms with E-state index in [2.05, 4.69) is 0 Å². The van der Waals surface area contributed by atoms with Crippen LogP contribution in [0.1, 0.15) is 40.7 Å². The summed E-state index contributed by atoms with van der Waals surface area (Å²) in [5.74, 6) is -0.767. The summed E-state index contributed by atoms with van der Waals surface area (Å²) >= 11 is 1.65. The fourth-order valence-electron chi connectivity index (χ4n) is 4.30. The summed E-state index contributed by atoms with van der Waals surface area (Å²) in [7, 11) is 0. The fourth-order valence-corrected chi connectivity index (χ4v) is 5.23. The van der Waals surface area contributed by atoms with Gasteiger partial charge in [-0.3, -0.25) is 9.59 Å². The van der Waals surface area contributed by atoms with E-state index >= 15 is 0 Å². The van der Waals surface area contributed by atoms with Gasteiger partial charge in [0.25, 0.3) is 5.91 Å². The van der Waals surface area contributed by atoms with Crippen LogP contribution in [-0.4, -0.2) is 47.9 Å². The van der Waals surface area contributed by atoms with E-state index in [1.54, 1.807) is 34.4 Å². The molecule has 0 radical (unpaired) electrons. The Bertz CT molecular complexity index is 1180. The first-order chi connectivity index (χ1) is 16.8. The smallest absolute Gasteiger partial charge is 0.254 e. The predicted molar refractivity (Wildman–Crippen MR) is 132 cm³/mol. The first kappa shape index (κ1) is 24.9. The molecule has 5 nitrogen and oxygen atoms in total. The van der Waals surface area contributed by atoms with Gasteiger partial charge in [-0.05, 0) is 71.8 Å². The summed E-state index contributed by atoms with van der Waals surface area (Å²) in [6.07, 6.45) is 0.730. The van der Waals surface area contributed by atoms with Crippen molar-refractivity contribution in [3.05, 3.63) is 87.6 Å². The SMILES string of the molecule is CC(C)CN(CC(=O)N1CCc2sccc2[C@H]1COc1ccc(F)cc1)C(=O)c1cccc(F)c1. The minimum atomic E-state index is -0.495. The first-order valence-electron chi connectivity index (χ1n) is 11.6. The minimum absolute atomic E-state index is 0.111. The van der Waals surface area contributed by atoms with Crippen LogP contribution in [0, 0.1) is 17.6 Å². The highest BCUT2D eigenvalue weighted by atomic mass is 32.1. The van der Waals surface area contributed by atoms with Crippen LogP contribution >= 0.6 is 11.3 Å². The van der Waals surface area contributed by atoms with Crippen LogP contribution in [0.2, 0.25) is 0 Å². The average molecular weight is 499 g/mol. The van der Waals surface area contributed by atoms with Crippen LogP contribution in [0.25, 0.3) is 0 Å². The van der Waals surface area contributed by atoms with Gasteiger partial charge in [0.2, 0.25) is 5.91 Å². The van der Waals surface area contributed by atoms with E-state index < -0.39 is 5.82 Å². The minimum Gasteiger partial charge on any atom is -0.491 e. The van der Waals surface area contributed by atoms with Crippen molar-refractivity contribution in [1.82, 2.24) is 9.80 Å². The van der Waals surface area contributed by atoms with Crippen molar-refractivity contribution >= 4 is 23.2 Å². The van der Waals surface area contributed by atoms with Gasteiger partial charge in [-0.15, -0.1) is 11.3 Å². The Morgan fingerprint density at radius 2 is 1.89 bits per heavy atom. The molecule has 1 atom stereocenters. The van der Waals surface area contributed by atoms with Gasteiger partial charge in [0.05, 0.1) is 6.04 Å². The molecule has 2 heterocycles. The molecular formula is C27H28F2N2O3S. The van der Waals surface area contributed by atoms with Crippen LogP contribution in [0.15, 0.2) is 60.0 Å². The number of hydrogen-bond donors (Lipinski definition) is 0. The lowest BCUT2D eigenvalue weighted by Crippen LogP contribution is -2.48. The van der Waals surface area contributed by atoms with Crippen molar-refractivity contribution in [1.29, 1.82) is 0 Å². The predicted octanol–water partition coefficient (Wildman–Crippen LogP) is 5.33. The third-order valence-electron chi connectivity index (χ3n) is 5.91. The highest BCUT2D eigenvalue weighted by molar-refractivity contribution is 7.10. The van der Waals surface area contributed by atoms with Gasteiger partial charge in [0.15, 0.2) is 0 Å². The normalized spacial score (nSPS) is 15.1. The number of hydrogen-bond acceptors (Lipinski definition) is 4. The van der Waals surface area contributed by atoms with Crippen molar-refractivity contribution in [3.8, 4) is 5.75 Å². The van der Waals surface area contributed by atoms with Gasteiger partial charge in [-0.25, -0.2) is 8.78 Å². The molecule has 3 aromatic rings. The third kappa shape index (κ3) is 6.06. The summed E-state index contributed by atoms with van der Waals surface area (Å²) in [6.45, 7) is 4.91. The number of benzene rings is 2. The Balaban J connectivity index is 1.53. The molecule has 0 saturated heterocycles. The maximum Gasteiger partial charge on any atom is 0.254 e.